The normalized spacial score (nSPS) is 10.1. The van der Waals surface area contributed by atoms with Crippen molar-refractivity contribution in [2.75, 3.05) is 0 Å². The monoisotopic (exact) mass is 186 g/mol. The largest absolute Gasteiger partial charge is 0.370 e. The second kappa shape index (κ2) is 6.46. The maximum atomic E-state index is 11.2. The van der Waals surface area contributed by atoms with Gasteiger partial charge in [0.15, 0.2) is 0 Å². The number of carbonyl (C=O) groups excluding carboxylic acids is 2. The molecule has 0 aromatic carbocycles. The number of amides is 2. The molecular formula is C9H18N2O2. The zero-order chi connectivity index (χ0) is 10.3. The zero-order valence-corrected chi connectivity index (χ0v) is 8.30. The molecule has 0 radical (unpaired) electrons. The van der Waals surface area contributed by atoms with Crippen molar-refractivity contribution in [2.24, 2.45) is 5.73 Å². The Hall–Kier alpha value is -1.06. The molecule has 4 nitrogen and oxygen atoms in total. The molecule has 0 aliphatic rings. The summed E-state index contributed by atoms with van der Waals surface area (Å²) in [6.07, 6.45) is 2.16. The minimum absolute atomic E-state index is 0.0903. The number of rotatable bonds is 6. The Morgan fingerprint density at radius 1 is 1.23 bits per heavy atom. The first-order valence-corrected chi connectivity index (χ1v) is 4.67. The number of carbonyl (C=O) groups is 2. The van der Waals surface area contributed by atoms with Gasteiger partial charge in [-0.1, -0.05) is 13.8 Å². The highest BCUT2D eigenvalue weighted by molar-refractivity contribution is 5.82. The minimum Gasteiger partial charge on any atom is -0.370 e. The van der Waals surface area contributed by atoms with Crippen LogP contribution in [-0.4, -0.2) is 17.9 Å². The number of nitrogens with one attached hydrogen (secondary N) is 1. The fourth-order valence-corrected chi connectivity index (χ4v) is 1.03. The lowest BCUT2D eigenvalue weighted by molar-refractivity contribution is -0.125. The van der Waals surface area contributed by atoms with E-state index in [1.807, 2.05) is 13.8 Å². The van der Waals surface area contributed by atoms with Gasteiger partial charge in [-0.3, -0.25) is 9.59 Å². The number of nitrogens with two attached hydrogens (primary N) is 1. The molecule has 0 unspecified atom stereocenters. The highest BCUT2D eigenvalue weighted by Gasteiger charge is 2.08. The smallest absolute Gasteiger partial charge is 0.220 e. The van der Waals surface area contributed by atoms with Gasteiger partial charge in [0.05, 0.1) is 0 Å². The summed E-state index contributed by atoms with van der Waals surface area (Å²) < 4.78 is 0. The predicted octanol–water partition coefficient (Wildman–Crippen LogP) is 0.557. The van der Waals surface area contributed by atoms with Crippen LogP contribution in [0.25, 0.3) is 0 Å². The van der Waals surface area contributed by atoms with Crippen LogP contribution in [0.15, 0.2) is 0 Å². The Balaban J connectivity index is 3.66. The third kappa shape index (κ3) is 6.13. The molecule has 0 aliphatic carbocycles. The molecule has 13 heavy (non-hydrogen) atoms. The van der Waals surface area contributed by atoms with E-state index in [0.29, 0.717) is 0 Å². The number of primary amides is 1. The molecule has 0 atom stereocenters. The molecular weight excluding hydrogens is 168 g/mol. The van der Waals surface area contributed by atoms with Crippen molar-refractivity contribution in [1.29, 1.82) is 0 Å². The van der Waals surface area contributed by atoms with Crippen LogP contribution in [0.4, 0.5) is 0 Å². The van der Waals surface area contributed by atoms with Crippen LogP contribution in [0.3, 0.4) is 0 Å². The third-order valence-corrected chi connectivity index (χ3v) is 1.95. The first-order chi connectivity index (χ1) is 6.10. The topological polar surface area (TPSA) is 72.2 Å². The Bertz CT molecular complexity index is 176. The first-order valence-electron chi connectivity index (χ1n) is 4.67. The zero-order valence-electron chi connectivity index (χ0n) is 8.30. The van der Waals surface area contributed by atoms with E-state index >= 15 is 0 Å². The summed E-state index contributed by atoms with van der Waals surface area (Å²) in [6, 6.07) is 0.223. The lowest BCUT2D eigenvalue weighted by Gasteiger charge is -2.13. The fourth-order valence-electron chi connectivity index (χ4n) is 1.03. The van der Waals surface area contributed by atoms with Gasteiger partial charge in [-0.25, -0.2) is 0 Å². The standard InChI is InChI=1S/C9H18N2O2/c1-3-7(4-2)11-9(13)6-5-8(10)12/h7H,3-6H2,1-2H3,(H2,10,12)(H,11,13). The summed E-state index contributed by atoms with van der Waals surface area (Å²) in [4.78, 5) is 21.5. The van der Waals surface area contributed by atoms with E-state index in [9.17, 15) is 9.59 Å². The average molecular weight is 186 g/mol. The van der Waals surface area contributed by atoms with Crippen LogP contribution in [0, 0.1) is 0 Å². The Morgan fingerprint density at radius 2 is 1.77 bits per heavy atom. The molecule has 0 bridgehead atoms. The van der Waals surface area contributed by atoms with Gasteiger partial charge in [0.25, 0.3) is 0 Å². The molecule has 0 heterocycles. The quantitative estimate of drug-likeness (QED) is 0.636. The van der Waals surface area contributed by atoms with E-state index in [1.54, 1.807) is 0 Å². The number of hydrogen-bond donors (Lipinski definition) is 2. The Labute approximate surface area is 78.9 Å². The first kappa shape index (κ1) is 11.9. The Kier molecular flexibility index (Phi) is 5.93. The molecule has 76 valence electrons. The molecule has 0 spiro atoms. The predicted molar refractivity (Wildman–Crippen MR) is 50.9 cm³/mol. The van der Waals surface area contributed by atoms with Crippen LogP contribution in [0.5, 0.6) is 0 Å². The van der Waals surface area contributed by atoms with Gasteiger partial charge in [0.1, 0.15) is 0 Å². The van der Waals surface area contributed by atoms with Gasteiger partial charge in [0, 0.05) is 18.9 Å². The highest BCUT2D eigenvalue weighted by atomic mass is 16.2. The van der Waals surface area contributed by atoms with E-state index < -0.39 is 5.91 Å². The van der Waals surface area contributed by atoms with Gasteiger partial charge < -0.3 is 11.1 Å². The maximum absolute atomic E-state index is 11.2. The van der Waals surface area contributed by atoms with Crippen molar-refractivity contribution in [2.45, 2.75) is 45.6 Å². The summed E-state index contributed by atoms with van der Waals surface area (Å²) >= 11 is 0. The van der Waals surface area contributed by atoms with Crippen molar-refractivity contribution in [1.82, 2.24) is 5.32 Å². The summed E-state index contributed by atoms with van der Waals surface area (Å²) in [7, 11) is 0. The number of hydrogen-bond acceptors (Lipinski definition) is 2. The molecule has 3 N–H and O–H groups in total. The molecule has 2 amide bonds. The molecule has 0 aliphatic heterocycles. The summed E-state index contributed by atoms with van der Waals surface area (Å²) in [5.41, 5.74) is 4.92. The van der Waals surface area contributed by atoms with Crippen molar-refractivity contribution in [3.63, 3.8) is 0 Å². The van der Waals surface area contributed by atoms with Crippen LogP contribution < -0.4 is 11.1 Å². The molecule has 0 fully saturated rings. The molecule has 0 saturated heterocycles. The van der Waals surface area contributed by atoms with E-state index in [1.165, 1.54) is 0 Å². The van der Waals surface area contributed by atoms with Crippen LogP contribution >= 0.6 is 0 Å². The van der Waals surface area contributed by atoms with Crippen LogP contribution in [0.2, 0.25) is 0 Å². The van der Waals surface area contributed by atoms with Gasteiger partial charge >= 0.3 is 0 Å². The SMILES string of the molecule is CCC(CC)NC(=O)CCC(N)=O. The molecule has 0 saturated carbocycles. The van der Waals surface area contributed by atoms with Crippen LogP contribution in [0.1, 0.15) is 39.5 Å². The fraction of sp³-hybridized carbons (Fsp3) is 0.778. The second-order valence-corrected chi connectivity index (χ2v) is 3.05. The van der Waals surface area contributed by atoms with Crippen molar-refractivity contribution in [3.8, 4) is 0 Å². The Morgan fingerprint density at radius 3 is 2.15 bits per heavy atom. The van der Waals surface area contributed by atoms with Gasteiger partial charge in [-0.15, -0.1) is 0 Å². The molecule has 0 aromatic heterocycles. The summed E-state index contributed by atoms with van der Waals surface area (Å²) in [5.74, 6) is -0.521. The van der Waals surface area contributed by atoms with E-state index in [2.05, 4.69) is 5.32 Å². The average Bonchev–Trinajstić information content (AvgIpc) is 2.10. The van der Waals surface area contributed by atoms with Crippen molar-refractivity contribution < 1.29 is 9.59 Å². The van der Waals surface area contributed by atoms with Crippen molar-refractivity contribution in [3.05, 3.63) is 0 Å². The van der Waals surface area contributed by atoms with E-state index in [-0.39, 0.29) is 24.8 Å². The van der Waals surface area contributed by atoms with Gasteiger partial charge in [0.2, 0.25) is 11.8 Å². The summed E-state index contributed by atoms with van der Waals surface area (Å²) in [6.45, 7) is 4.03. The van der Waals surface area contributed by atoms with E-state index in [0.717, 1.165) is 12.8 Å². The second-order valence-electron chi connectivity index (χ2n) is 3.05. The highest BCUT2D eigenvalue weighted by Crippen LogP contribution is 1.97. The molecule has 0 rings (SSSR count). The summed E-state index contributed by atoms with van der Waals surface area (Å²) in [5, 5.41) is 2.82. The van der Waals surface area contributed by atoms with Gasteiger partial charge in [-0.05, 0) is 12.8 Å². The third-order valence-electron chi connectivity index (χ3n) is 1.95. The van der Waals surface area contributed by atoms with E-state index in [4.69, 9.17) is 5.73 Å². The lowest BCUT2D eigenvalue weighted by Crippen LogP contribution is -2.34. The van der Waals surface area contributed by atoms with Crippen LogP contribution in [-0.2, 0) is 9.59 Å². The lowest BCUT2D eigenvalue weighted by atomic mass is 10.1. The molecule has 0 aromatic rings. The minimum atomic E-state index is -0.431. The molecule has 4 heteroatoms. The van der Waals surface area contributed by atoms with Gasteiger partial charge in [-0.2, -0.15) is 0 Å². The van der Waals surface area contributed by atoms with Crippen molar-refractivity contribution >= 4 is 11.8 Å². The maximum Gasteiger partial charge on any atom is 0.220 e.